The predicted molar refractivity (Wildman–Crippen MR) is 58.2 cm³/mol. The number of anilines is 1. The van der Waals surface area contributed by atoms with E-state index < -0.39 is 23.8 Å². The van der Waals surface area contributed by atoms with Crippen molar-refractivity contribution in [3.05, 3.63) is 17.8 Å². The van der Waals surface area contributed by atoms with Crippen LogP contribution in [0.3, 0.4) is 0 Å². The molecule has 0 radical (unpaired) electrons. The maximum Gasteiger partial charge on any atom is 0.435 e. The molecule has 0 bridgehead atoms. The van der Waals surface area contributed by atoms with Crippen LogP contribution in [0.4, 0.5) is 19.0 Å². The Hall–Kier alpha value is -1.90. The van der Waals surface area contributed by atoms with E-state index in [1.54, 1.807) is 0 Å². The second kappa shape index (κ2) is 5.00. The zero-order valence-electron chi connectivity index (χ0n) is 9.72. The second-order valence-corrected chi connectivity index (χ2v) is 3.96. The number of nitrogens with zero attached hydrogens (tertiary/aromatic N) is 3. The van der Waals surface area contributed by atoms with Crippen LogP contribution in [0.5, 0.6) is 0 Å². The number of morpholine rings is 1. The minimum absolute atomic E-state index is 0.0814. The van der Waals surface area contributed by atoms with Crippen molar-refractivity contribution < 1.29 is 22.7 Å². The third-order valence-corrected chi connectivity index (χ3v) is 2.69. The van der Waals surface area contributed by atoms with Gasteiger partial charge in [0.2, 0.25) is 5.91 Å². The van der Waals surface area contributed by atoms with E-state index in [1.807, 2.05) is 0 Å². The topological polar surface area (TPSA) is 81.3 Å². The minimum Gasteiger partial charge on any atom is -0.377 e. The van der Waals surface area contributed by atoms with E-state index in [1.165, 1.54) is 4.90 Å². The number of amides is 1. The van der Waals surface area contributed by atoms with Gasteiger partial charge < -0.3 is 15.4 Å². The van der Waals surface area contributed by atoms with Crippen molar-refractivity contribution in [3.8, 4) is 0 Å². The van der Waals surface area contributed by atoms with Gasteiger partial charge in [-0.05, 0) is 12.1 Å². The summed E-state index contributed by atoms with van der Waals surface area (Å²) in [6.07, 6.45) is -4.54. The van der Waals surface area contributed by atoms with Gasteiger partial charge in [0.1, 0.15) is 6.04 Å². The normalized spacial score (nSPS) is 20.4. The highest BCUT2D eigenvalue weighted by Crippen LogP contribution is 2.28. The van der Waals surface area contributed by atoms with E-state index in [-0.39, 0.29) is 12.4 Å². The fourth-order valence-electron chi connectivity index (χ4n) is 1.74. The highest BCUT2D eigenvalue weighted by molar-refractivity contribution is 5.83. The molecule has 0 spiro atoms. The number of nitrogens with two attached hydrogens (primary N) is 1. The van der Waals surface area contributed by atoms with Crippen molar-refractivity contribution in [1.29, 1.82) is 0 Å². The number of carbonyl (C=O) groups is 1. The maximum absolute atomic E-state index is 12.4. The van der Waals surface area contributed by atoms with Gasteiger partial charge in [0, 0.05) is 6.54 Å². The highest BCUT2D eigenvalue weighted by Gasteiger charge is 2.34. The number of aromatic nitrogens is 2. The zero-order valence-corrected chi connectivity index (χ0v) is 9.72. The number of primary amides is 1. The second-order valence-electron chi connectivity index (χ2n) is 3.96. The van der Waals surface area contributed by atoms with Gasteiger partial charge in [0.05, 0.1) is 13.2 Å². The van der Waals surface area contributed by atoms with Crippen LogP contribution < -0.4 is 10.6 Å². The van der Waals surface area contributed by atoms with Crippen LogP contribution in [0.25, 0.3) is 0 Å². The summed E-state index contributed by atoms with van der Waals surface area (Å²) in [7, 11) is 0. The van der Waals surface area contributed by atoms with Crippen molar-refractivity contribution in [3.63, 3.8) is 0 Å². The largest absolute Gasteiger partial charge is 0.435 e. The molecule has 2 rings (SSSR count). The number of hydrogen-bond acceptors (Lipinski definition) is 5. The summed E-state index contributed by atoms with van der Waals surface area (Å²) >= 11 is 0. The Bertz CT molecular complexity index is 463. The first-order valence-electron chi connectivity index (χ1n) is 5.44. The van der Waals surface area contributed by atoms with E-state index in [0.717, 1.165) is 12.1 Å². The van der Waals surface area contributed by atoms with Gasteiger partial charge in [-0.2, -0.15) is 13.2 Å². The standard InChI is InChI=1S/C10H11F3N4O2/c11-10(12,13)7-1-2-8(16-15-7)17-3-4-19-5-6(17)9(14)18/h1-2,6H,3-5H2,(H2,14,18)/t6-/m0/s1. The summed E-state index contributed by atoms with van der Waals surface area (Å²) in [5.74, 6) is -0.457. The highest BCUT2D eigenvalue weighted by atomic mass is 19.4. The molecule has 1 atom stereocenters. The molecule has 104 valence electrons. The Morgan fingerprint density at radius 3 is 2.68 bits per heavy atom. The Morgan fingerprint density at radius 2 is 2.16 bits per heavy atom. The fraction of sp³-hybridized carbons (Fsp3) is 0.500. The number of hydrogen-bond donors (Lipinski definition) is 1. The molecule has 1 aromatic rings. The SMILES string of the molecule is NC(=O)[C@@H]1COCCN1c1ccc(C(F)(F)F)nn1. The Morgan fingerprint density at radius 1 is 1.42 bits per heavy atom. The molecule has 1 aliphatic rings. The van der Waals surface area contributed by atoms with Gasteiger partial charge in [-0.25, -0.2) is 0 Å². The first kappa shape index (κ1) is 13.5. The molecule has 1 aromatic heterocycles. The van der Waals surface area contributed by atoms with Gasteiger partial charge in [-0.1, -0.05) is 0 Å². The molecular formula is C10H11F3N4O2. The van der Waals surface area contributed by atoms with Crippen molar-refractivity contribution >= 4 is 11.7 Å². The molecule has 1 amide bonds. The van der Waals surface area contributed by atoms with Crippen molar-refractivity contribution in [2.75, 3.05) is 24.7 Å². The zero-order chi connectivity index (χ0) is 14.0. The van der Waals surface area contributed by atoms with Gasteiger partial charge in [0.15, 0.2) is 11.5 Å². The lowest BCUT2D eigenvalue weighted by molar-refractivity contribution is -0.141. The van der Waals surface area contributed by atoms with Crippen LogP contribution in [0.15, 0.2) is 12.1 Å². The summed E-state index contributed by atoms with van der Waals surface area (Å²) in [6, 6.07) is 1.23. The molecular weight excluding hydrogens is 265 g/mol. The Kier molecular flexibility index (Phi) is 3.56. The van der Waals surface area contributed by atoms with E-state index in [9.17, 15) is 18.0 Å². The van der Waals surface area contributed by atoms with Crippen LogP contribution in [-0.2, 0) is 15.7 Å². The summed E-state index contributed by atoms with van der Waals surface area (Å²) < 4.78 is 42.2. The van der Waals surface area contributed by atoms with Crippen molar-refractivity contribution in [2.45, 2.75) is 12.2 Å². The molecule has 2 heterocycles. The smallest absolute Gasteiger partial charge is 0.377 e. The van der Waals surface area contributed by atoms with Crippen molar-refractivity contribution in [1.82, 2.24) is 10.2 Å². The molecule has 2 N–H and O–H groups in total. The summed E-state index contributed by atoms with van der Waals surface area (Å²) in [4.78, 5) is 12.7. The van der Waals surface area contributed by atoms with Gasteiger partial charge in [-0.15, -0.1) is 10.2 Å². The molecule has 0 aliphatic carbocycles. The molecule has 9 heteroatoms. The van der Waals surface area contributed by atoms with Crippen LogP contribution in [0.1, 0.15) is 5.69 Å². The van der Waals surface area contributed by atoms with E-state index >= 15 is 0 Å². The number of alkyl halides is 3. The minimum atomic E-state index is -4.54. The first-order valence-corrected chi connectivity index (χ1v) is 5.44. The molecule has 1 fully saturated rings. The van der Waals surface area contributed by atoms with Gasteiger partial charge in [0.25, 0.3) is 0 Å². The summed E-state index contributed by atoms with van der Waals surface area (Å²) in [6.45, 7) is 0.734. The fourth-order valence-corrected chi connectivity index (χ4v) is 1.74. The Labute approximate surface area is 106 Å². The summed E-state index contributed by atoms with van der Waals surface area (Å²) in [5.41, 5.74) is 4.12. The van der Waals surface area contributed by atoms with Crippen molar-refractivity contribution in [2.24, 2.45) is 5.73 Å². The van der Waals surface area contributed by atoms with Crippen LogP contribution in [0, 0.1) is 0 Å². The average molecular weight is 276 g/mol. The van der Waals surface area contributed by atoms with E-state index in [2.05, 4.69) is 10.2 Å². The summed E-state index contributed by atoms with van der Waals surface area (Å²) in [5, 5.41) is 6.60. The lowest BCUT2D eigenvalue weighted by Crippen LogP contribution is -2.53. The number of rotatable bonds is 2. The quantitative estimate of drug-likeness (QED) is 0.833. The van der Waals surface area contributed by atoms with Crippen LogP contribution >= 0.6 is 0 Å². The molecule has 1 saturated heterocycles. The third-order valence-electron chi connectivity index (χ3n) is 2.69. The Balaban J connectivity index is 2.23. The number of halogens is 3. The molecule has 0 saturated carbocycles. The maximum atomic E-state index is 12.4. The number of ether oxygens (including phenoxy) is 1. The van der Waals surface area contributed by atoms with E-state index in [4.69, 9.17) is 10.5 Å². The molecule has 1 aliphatic heterocycles. The monoisotopic (exact) mass is 276 g/mol. The molecule has 19 heavy (non-hydrogen) atoms. The van der Waals surface area contributed by atoms with Gasteiger partial charge >= 0.3 is 6.18 Å². The first-order chi connectivity index (χ1) is 8.89. The molecule has 0 aromatic carbocycles. The predicted octanol–water partition coefficient (Wildman–Crippen LogP) is 0.186. The van der Waals surface area contributed by atoms with E-state index in [0.29, 0.717) is 13.2 Å². The van der Waals surface area contributed by atoms with Crippen LogP contribution in [-0.4, -0.2) is 41.9 Å². The van der Waals surface area contributed by atoms with Crippen LogP contribution in [0.2, 0.25) is 0 Å². The van der Waals surface area contributed by atoms with Gasteiger partial charge in [-0.3, -0.25) is 4.79 Å². The number of carbonyl (C=O) groups excluding carboxylic acids is 1. The lowest BCUT2D eigenvalue weighted by atomic mass is 10.2. The lowest BCUT2D eigenvalue weighted by Gasteiger charge is -2.34. The molecule has 6 nitrogen and oxygen atoms in total. The third kappa shape index (κ3) is 2.92. The molecule has 0 unspecified atom stereocenters. The average Bonchev–Trinajstić information content (AvgIpc) is 2.38.